The third kappa shape index (κ3) is 4.43. The van der Waals surface area contributed by atoms with Crippen LogP contribution in [0.25, 0.3) is 0 Å². The number of anilines is 1. The minimum atomic E-state index is -0.306. The molecule has 0 bridgehead atoms. The molecule has 0 aliphatic rings. The number of nitrogens with one attached hydrogen (secondary N) is 2. The quantitative estimate of drug-likeness (QED) is 0.875. The van der Waals surface area contributed by atoms with E-state index in [1.54, 1.807) is 36.4 Å². The van der Waals surface area contributed by atoms with Crippen LogP contribution in [0.5, 0.6) is 0 Å². The van der Waals surface area contributed by atoms with Gasteiger partial charge in [-0.25, -0.2) is 4.39 Å². The maximum Gasteiger partial charge on any atom is 0.238 e. The molecule has 0 unspecified atom stereocenters. The molecule has 110 valence electrons. The Morgan fingerprint density at radius 2 is 1.71 bits per heavy atom. The SMILES string of the molecule is O=C(CNCc1ccccc1F)Nc1c(Cl)cccc1Cl. The lowest BCUT2D eigenvalue weighted by atomic mass is 10.2. The number of carbonyl (C=O) groups is 1. The van der Waals surface area contributed by atoms with Crippen molar-refractivity contribution in [2.45, 2.75) is 6.54 Å². The summed E-state index contributed by atoms with van der Waals surface area (Å²) in [4.78, 5) is 11.8. The van der Waals surface area contributed by atoms with E-state index in [9.17, 15) is 9.18 Å². The summed E-state index contributed by atoms with van der Waals surface area (Å²) in [6.07, 6.45) is 0. The molecule has 1 amide bonds. The van der Waals surface area contributed by atoms with Gasteiger partial charge in [-0.1, -0.05) is 47.5 Å². The van der Waals surface area contributed by atoms with Crippen molar-refractivity contribution < 1.29 is 9.18 Å². The van der Waals surface area contributed by atoms with Crippen molar-refractivity contribution in [1.82, 2.24) is 5.32 Å². The van der Waals surface area contributed by atoms with Gasteiger partial charge >= 0.3 is 0 Å². The van der Waals surface area contributed by atoms with Crippen molar-refractivity contribution in [3.05, 3.63) is 63.9 Å². The Hall–Kier alpha value is -1.62. The molecular weight excluding hydrogens is 314 g/mol. The van der Waals surface area contributed by atoms with Crippen LogP contribution in [0.3, 0.4) is 0 Å². The van der Waals surface area contributed by atoms with Crippen LogP contribution < -0.4 is 10.6 Å². The zero-order valence-electron chi connectivity index (χ0n) is 11.0. The van der Waals surface area contributed by atoms with Gasteiger partial charge < -0.3 is 10.6 Å². The highest BCUT2D eigenvalue weighted by molar-refractivity contribution is 6.39. The fourth-order valence-electron chi connectivity index (χ4n) is 1.75. The molecule has 6 heteroatoms. The van der Waals surface area contributed by atoms with Gasteiger partial charge in [0.1, 0.15) is 5.82 Å². The first kappa shape index (κ1) is 15.8. The van der Waals surface area contributed by atoms with Crippen LogP contribution in [-0.2, 0) is 11.3 Å². The predicted octanol–water partition coefficient (Wildman–Crippen LogP) is 3.86. The maximum atomic E-state index is 13.4. The summed E-state index contributed by atoms with van der Waals surface area (Å²) in [6.45, 7) is 0.284. The normalized spacial score (nSPS) is 10.4. The molecule has 2 rings (SSSR count). The maximum absolute atomic E-state index is 13.4. The van der Waals surface area contributed by atoms with Crippen LogP contribution in [0.15, 0.2) is 42.5 Å². The van der Waals surface area contributed by atoms with Crippen LogP contribution in [0.4, 0.5) is 10.1 Å². The summed E-state index contributed by atoms with van der Waals surface area (Å²) in [6, 6.07) is 11.3. The molecule has 0 spiro atoms. The summed E-state index contributed by atoms with van der Waals surface area (Å²) in [5.41, 5.74) is 0.875. The van der Waals surface area contributed by atoms with Gasteiger partial charge in [-0.05, 0) is 18.2 Å². The van der Waals surface area contributed by atoms with E-state index < -0.39 is 0 Å². The molecule has 2 aromatic carbocycles. The Kier molecular flexibility index (Phi) is 5.56. The molecule has 2 N–H and O–H groups in total. The molecule has 0 aliphatic heterocycles. The van der Waals surface area contributed by atoms with Crippen LogP contribution >= 0.6 is 23.2 Å². The zero-order chi connectivity index (χ0) is 15.2. The average Bonchev–Trinajstić information content (AvgIpc) is 2.45. The Morgan fingerprint density at radius 3 is 2.38 bits per heavy atom. The van der Waals surface area contributed by atoms with Crippen LogP contribution in [0.2, 0.25) is 10.0 Å². The zero-order valence-corrected chi connectivity index (χ0v) is 12.5. The molecule has 3 nitrogen and oxygen atoms in total. The van der Waals surface area contributed by atoms with Crippen molar-refractivity contribution in [1.29, 1.82) is 0 Å². The van der Waals surface area contributed by atoms with E-state index in [0.29, 0.717) is 21.3 Å². The highest BCUT2D eigenvalue weighted by atomic mass is 35.5. The number of hydrogen-bond acceptors (Lipinski definition) is 2. The second kappa shape index (κ2) is 7.41. The van der Waals surface area contributed by atoms with Gasteiger partial charge in [0.05, 0.1) is 22.3 Å². The second-order valence-electron chi connectivity index (χ2n) is 4.34. The Bertz CT molecular complexity index is 629. The minimum Gasteiger partial charge on any atom is -0.322 e. The van der Waals surface area contributed by atoms with E-state index in [1.165, 1.54) is 6.07 Å². The van der Waals surface area contributed by atoms with E-state index in [2.05, 4.69) is 10.6 Å². The summed E-state index contributed by atoms with van der Waals surface area (Å²) in [7, 11) is 0. The third-order valence-electron chi connectivity index (χ3n) is 2.79. The van der Waals surface area contributed by atoms with Crippen LogP contribution in [0, 0.1) is 5.82 Å². The largest absolute Gasteiger partial charge is 0.322 e. The molecule has 21 heavy (non-hydrogen) atoms. The van der Waals surface area contributed by atoms with E-state index >= 15 is 0 Å². The molecule has 0 aromatic heterocycles. The number of amides is 1. The molecule has 0 fully saturated rings. The van der Waals surface area contributed by atoms with Crippen molar-refractivity contribution >= 4 is 34.8 Å². The monoisotopic (exact) mass is 326 g/mol. The molecule has 0 saturated carbocycles. The lowest BCUT2D eigenvalue weighted by molar-refractivity contribution is -0.115. The molecular formula is C15H13Cl2FN2O. The lowest BCUT2D eigenvalue weighted by Gasteiger charge is -2.10. The van der Waals surface area contributed by atoms with Crippen molar-refractivity contribution in [2.24, 2.45) is 0 Å². The van der Waals surface area contributed by atoms with Crippen LogP contribution in [-0.4, -0.2) is 12.5 Å². The first-order chi connectivity index (χ1) is 10.1. The number of hydrogen-bond donors (Lipinski definition) is 2. The fraction of sp³-hybridized carbons (Fsp3) is 0.133. The number of halogens is 3. The summed E-state index contributed by atoms with van der Waals surface area (Å²) in [5.74, 6) is -0.610. The van der Waals surface area contributed by atoms with Gasteiger partial charge in [-0.3, -0.25) is 4.79 Å². The summed E-state index contributed by atoms with van der Waals surface area (Å²) >= 11 is 11.9. The van der Waals surface area contributed by atoms with Crippen LogP contribution in [0.1, 0.15) is 5.56 Å². The van der Waals surface area contributed by atoms with E-state index in [1.807, 2.05) is 0 Å². The van der Waals surface area contributed by atoms with Gasteiger partial charge in [0.15, 0.2) is 0 Å². The van der Waals surface area contributed by atoms with Crippen molar-refractivity contribution in [3.63, 3.8) is 0 Å². The highest BCUT2D eigenvalue weighted by Gasteiger charge is 2.09. The fourth-order valence-corrected chi connectivity index (χ4v) is 2.25. The first-order valence-electron chi connectivity index (χ1n) is 6.26. The Balaban J connectivity index is 1.87. The molecule has 0 saturated heterocycles. The lowest BCUT2D eigenvalue weighted by Crippen LogP contribution is -2.28. The van der Waals surface area contributed by atoms with Gasteiger partial charge in [0.25, 0.3) is 0 Å². The second-order valence-corrected chi connectivity index (χ2v) is 5.15. The van der Waals surface area contributed by atoms with E-state index in [-0.39, 0.29) is 24.8 Å². The van der Waals surface area contributed by atoms with Gasteiger partial charge in [0, 0.05) is 12.1 Å². The number of rotatable bonds is 5. The Morgan fingerprint density at radius 1 is 1.05 bits per heavy atom. The number of carbonyl (C=O) groups excluding carboxylic acids is 1. The smallest absolute Gasteiger partial charge is 0.238 e. The van der Waals surface area contributed by atoms with Gasteiger partial charge in [0.2, 0.25) is 5.91 Å². The topological polar surface area (TPSA) is 41.1 Å². The highest BCUT2D eigenvalue weighted by Crippen LogP contribution is 2.29. The number of para-hydroxylation sites is 1. The molecule has 2 aromatic rings. The average molecular weight is 327 g/mol. The Labute approximate surface area is 132 Å². The third-order valence-corrected chi connectivity index (χ3v) is 3.42. The standard InChI is InChI=1S/C15H13Cl2FN2O/c16-11-5-3-6-12(17)15(11)20-14(21)9-19-8-10-4-1-2-7-13(10)18/h1-7,19H,8-9H2,(H,20,21). The minimum absolute atomic E-state index is 0.0237. The molecule has 0 heterocycles. The van der Waals surface area contributed by atoms with Crippen molar-refractivity contribution in [3.8, 4) is 0 Å². The van der Waals surface area contributed by atoms with Crippen molar-refractivity contribution in [2.75, 3.05) is 11.9 Å². The summed E-state index contributed by atoms with van der Waals surface area (Å²) in [5, 5.41) is 6.21. The summed E-state index contributed by atoms with van der Waals surface area (Å²) < 4.78 is 13.4. The molecule has 0 radical (unpaired) electrons. The first-order valence-corrected chi connectivity index (χ1v) is 7.01. The molecule has 0 atom stereocenters. The van der Waals surface area contributed by atoms with E-state index in [0.717, 1.165) is 0 Å². The van der Waals surface area contributed by atoms with E-state index in [4.69, 9.17) is 23.2 Å². The number of benzene rings is 2. The van der Waals surface area contributed by atoms with Gasteiger partial charge in [-0.2, -0.15) is 0 Å². The predicted molar refractivity (Wildman–Crippen MR) is 83.2 cm³/mol. The molecule has 0 aliphatic carbocycles. The van der Waals surface area contributed by atoms with Gasteiger partial charge in [-0.15, -0.1) is 0 Å².